The lowest BCUT2D eigenvalue weighted by molar-refractivity contribution is -0.153. The molecular formula is C16H28IN3O2S. The molecule has 0 spiro atoms. The molecular weight excluding hydrogens is 425 g/mol. The molecule has 23 heavy (non-hydrogen) atoms. The number of esters is 1. The molecule has 1 aromatic rings. The molecule has 0 saturated carbocycles. The molecule has 0 aliphatic carbocycles. The van der Waals surface area contributed by atoms with Crippen molar-refractivity contribution in [2.75, 3.05) is 20.1 Å². The maximum absolute atomic E-state index is 11.7. The second-order valence-electron chi connectivity index (χ2n) is 6.73. The third kappa shape index (κ3) is 8.55. The number of halogens is 1. The molecule has 0 saturated heterocycles. The number of thiophene rings is 1. The van der Waals surface area contributed by atoms with E-state index >= 15 is 0 Å². The monoisotopic (exact) mass is 453 g/mol. The maximum atomic E-state index is 11.7. The van der Waals surface area contributed by atoms with Crippen LogP contribution >= 0.6 is 35.3 Å². The van der Waals surface area contributed by atoms with Crippen LogP contribution in [0.4, 0.5) is 0 Å². The van der Waals surface area contributed by atoms with E-state index in [1.807, 2.05) is 20.8 Å². The van der Waals surface area contributed by atoms with E-state index in [0.717, 1.165) is 6.54 Å². The van der Waals surface area contributed by atoms with Crippen LogP contribution in [0.25, 0.3) is 0 Å². The third-order valence-electron chi connectivity index (χ3n) is 2.93. The topological polar surface area (TPSA) is 62.7 Å². The van der Waals surface area contributed by atoms with E-state index in [4.69, 9.17) is 4.74 Å². The molecule has 1 heterocycles. The van der Waals surface area contributed by atoms with Gasteiger partial charge in [-0.25, -0.2) is 0 Å². The van der Waals surface area contributed by atoms with Crippen molar-refractivity contribution in [3.63, 3.8) is 0 Å². The molecule has 0 atom stereocenters. The van der Waals surface area contributed by atoms with Crippen LogP contribution in [-0.2, 0) is 14.9 Å². The molecule has 0 radical (unpaired) electrons. The molecule has 7 heteroatoms. The Morgan fingerprint density at radius 2 is 1.91 bits per heavy atom. The van der Waals surface area contributed by atoms with E-state index in [2.05, 4.69) is 47.0 Å². The van der Waals surface area contributed by atoms with Gasteiger partial charge < -0.3 is 15.4 Å². The van der Waals surface area contributed by atoms with Gasteiger partial charge >= 0.3 is 5.97 Å². The number of ether oxygens (including phenoxy) is 1. The summed E-state index contributed by atoms with van der Waals surface area (Å²) in [5, 5.41) is 8.31. The van der Waals surface area contributed by atoms with Crippen molar-refractivity contribution in [2.45, 2.75) is 45.6 Å². The molecule has 5 nitrogen and oxygen atoms in total. The Bertz CT molecular complexity index is 508. The van der Waals surface area contributed by atoms with Crippen LogP contribution in [-0.4, -0.2) is 37.7 Å². The number of rotatable bonds is 5. The number of hydrogen-bond donors (Lipinski definition) is 2. The molecule has 0 bridgehead atoms. The minimum absolute atomic E-state index is 0. The average Bonchev–Trinajstić information content (AvgIpc) is 2.91. The van der Waals surface area contributed by atoms with Gasteiger partial charge in [-0.15, -0.1) is 35.3 Å². The molecule has 0 amide bonds. The van der Waals surface area contributed by atoms with Crippen molar-refractivity contribution >= 4 is 47.2 Å². The Morgan fingerprint density at radius 1 is 1.26 bits per heavy atom. The Balaban J connectivity index is 0.00000484. The highest BCUT2D eigenvalue weighted by atomic mass is 127. The van der Waals surface area contributed by atoms with Crippen LogP contribution in [0.1, 0.15) is 39.5 Å². The molecule has 0 unspecified atom stereocenters. The number of carbonyl (C=O) groups excluding carboxylic acids is 1. The van der Waals surface area contributed by atoms with Crippen LogP contribution in [0.3, 0.4) is 0 Å². The van der Waals surface area contributed by atoms with Crippen molar-refractivity contribution in [3.05, 3.63) is 22.4 Å². The fraction of sp³-hybridized carbons (Fsp3) is 0.625. The SMILES string of the molecule is CN=C(NCC(=O)OC(C)(C)C)NCC(C)(C)c1cccs1.I. The van der Waals surface area contributed by atoms with Gasteiger partial charge in [-0.2, -0.15) is 0 Å². The largest absolute Gasteiger partial charge is 0.459 e. The molecule has 0 aliphatic heterocycles. The summed E-state index contributed by atoms with van der Waals surface area (Å²) in [6.07, 6.45) is 0. The normalized spacial score (nSPS) is 12.3. The Kier molecular flexibility index (Phi) is 9.12. The quantitative estimate of drug-likeness (QED) is 0.311. The first-order chi connectivity index (χ1) is 10.1. The number of hydrogen-bond acceptors (Lipinski definition) is 4. The maximum Gasteiger partial charge on any atom is 0.325 e. The smallest absolute Gasteiger partial charge is 0.325 e. The summed E-state index contributed by atoms with van der Waals surface area (Å²) in [5.74, 6) is 0.295. The van der Waals surface area contributed by atoms with Gasteiger partial charge in [0.05, 0.1) is 0 Å². The molecule has 1 aromatic heterocycles. The Labute approximate surface area is 160 Å². The van der Waals surface area contributed by atoms with E-state index in [-0.39, 0.29) is 41.9 Å². The van der Waals surface area contributed by atoms with Crippen LogP contribution in [0.5, 0.6) is 0 Å². The predicted octanol–water partition coefficient (Wildman–Crippen LogP) is 3.15. The average molecular weight is 453 g/mol. The van der Waals surface area contributed by atoms with E-state index in [1.165, 1.54) is 4.88 Å². The van der Waals surface area contributed by atoms with Crippen LogP contribution < -0.4 is 10.6 Å². The minimum Gasteiger partial charge on any atom is -0.459 e. The van der Waals surface area contributed by atoms with Gasteiger partial charge in [0.15, 0.2) is 5.96 Å². The van der Waals surface area contributed by atoms with Gasteiger partial charge in [-0.3, -0.25) is 9.79 Å². The van der Waals surface area contributed by atoms with E-state index in [0.29, 0.717) is 5.96 Å². The summed E-state index contributed by atoms with van der Waals surface area (Å²) < 4.78 is 5.25. The number of carbonyl (C=O) groups is 1. The first-order valence-electron chi connectivity index (χ1n) is 7.34. The highest BCUT2D eigenvalue weighted by molar-refractivity contribution is 14.0. The van der Waals surface area contributed by atoms with Gasteiger partial charge in [0, 0.05) is 23.9 Å². The van der Waals surface area contributed by atoms with E-state index < -0.39 is 5.60 Å². The summed E-state index contributed by atoms with van der Waals surface area (Å²) in [4.78, 5) is 17.1. The van der Waals surface area contributed by atoms with E-state index in [1.54, 1.807) is 18.4 Å². The zero-order valence-electron chi connectivity index (χ0n) is 14.7. The highest BCUT2D eigenvalue weighted by Gasteiger charge is 2.22. The van der Waals surface area contributed by atoms with Gasteiger partial charge in [0.1, 0.15) is 12.1 Å². The van der Waals surface area contributed by atoms with Crippen LogP contribution in [0.15, 0.2) is 22.5 Å². The number of nitrogens with zero attached hydrogens (tertiary/aromatic N) is 1. The molecule has 2 N–H and O–H groups in total. The molecule has 132 valence electrons. The summed E-state index contributed by atoms with van der Waals surface area (Å²) in [7, 11) is 1.68. The van der Waals surface area contributed by atoms with Gasteiger partial charge in [-0.1, -0.05) is 19.9 Å². The highest BCUT2D eigenvalue weighted by Crippen LogP contribution is 2.26. The van der Waals surface area contributed by atoms with Crippen molar-refractivity contribution in [1.29, 1.82) is 0 Å². The van der Waals surface area contributed by atoms with E-state index in [9.17, 15) is 4.79 Å². The van der Waals surface area contributed by atoms with Gasteiger partial charge in [-0.05, 0) is 32.2 Å². The zero-order chi connectivity index (χ0) is 16.8. The van der Waals surface area contributed by atoms with Crippen molar-refractivity contribution in [3.8, 4) is 0 Å². The molecule has 0 aliphatic rings. The fourth-order valence-corrected chi connectivity index (χ4v) is 2.66. The first-order valence-corrected chi connectivity index (χ1v) is 8.22. The predicted molar refractivity (Wildman–Crippen MR) is 108 cm³/mol. The van der Waals surface area contributed by atoms with Crippen molar-refractivity contribution in [1.82, 2.24) is 10.6 Å². The Hall–Kier alpha value is -0.830. The van der Waals surface area contributed by atoms with Gasteiger partial charge in [0.25, 0.3) is 0 Å². The zero-order valence-corrected chi connectivity index (χ0v) is 17.9. The third-order valence-corrected chi connectivity index (χ3v) is 4.17. The molecule has 0 aromatic carbocycles. The number of aliphatic imine (C=N–C) groups is 1. The summed E-state index contributed by atoms with van der Waals surface area (Å²) in [6, 6.07) is 4.18. The summed E-state index contributed by atoms with van der Waals surface area (Å²) >= 11 is 1.74. The second-order valence-corrected chi connectivity index (χ2v) is 7.67. The fourth-order valence-electron chi connectivity index (χ4n) is 1.81. The molecule has 1 rings (SSSR count). The first kappa shape index (κ1) is 22.2. The van der Waals surface area contributed by atoms with Crippen LogP contribution in [0, 0.1) is 0 Å². The van der Waals surface area contributed by atoms with Crippen LogP contribution in [0.2, 0.25) is 0 Å². The summed E-state index contributed by atoms with van der Waals surface area (Å²) in [5.41, 5.74) is -0.478. The lowest BCUT2D eigenvalue weighted by Gasteiger charge is -2.25. The molecule has 0 fully saturated rings. The number of guanidine groups is 1. The standard InChI is InChI=1S/C16H27N3O2S.HI/c1-15(2,3)21-13(20)10-18-14(17-6)19-11-16(4,5)12-8-7-9-22-12;/h7-9H,10-11H2,1-6H3,(H2,17,18,19);1H. The minimum atomic E-state index is -0.475. The number of nitrogens with one attached hydrogen (secondary N) is 2. The lowest BCUT2D eigenvalue weighted by atomic mass is 9.91. The summed E-state index contributed by atoms with van der Waals surface area (Å²) in [6.45, 7) is 10.7. The Morgan fingerprint density at radius 3 is 2.39 bits per heavy atom. The van der Waals surface area contributed by atoms with Gasteiger partial charge in [0.2, 0.25) is 0 Å². The van der Waals surface area contributed by atoms with Crippen molar-refractivity contribution in [2.24, 2.45) is 4.99 Å². The second kappa shape index (κ2) is 9.46. The van der Waals surface area contributed by atoms with Crippen molar-refractivity contribution < 1.29 is 9.53 Å². The lowest BCUT2D eigenvalue weighted by Crippen LogP contribution is -2.45.